The number of pyridine rings is 1. The summed E-state index contributed by atoms with van der Waals surface area (Å²) in [5, 5.41) is 5.49. The second-order valence-electron chi connectivity index (χ2n) is 3.68. The van der Waals surface area contributed by atoms with E-state index in [1.54, 1.807) is 11.3 Å². The van der Waals surface area contributed by atoms with Crippen LogP contribution in [0.4, 0.5) is 0 Å². The molecule has 84 valence electrons. The molecule has 0 amide bonds. The molecule has 0 radical (unpaired) electrons. The first kappa shape index (κ1) is 11.3. The maximum absolute atomic E-state index is 4.41. The van der Waals surface area contributed by atoms with E-state index in [4.69, 9.17) is 0 Å². The summed E-state index contributed by atoms with van der Waals surface area (Å²) in [6, 6.07) is 4.28. The molecule has 3 heteroatoms. The Kier molecular flexibility index (Phi) is 4.08. The van der Waals surface area contributed by atoms with E-state index >= 15 is 0 Å². The molecule has 0 atom stereocenters. The fourth-order valence-corrected chi connectivity index (χ4v) is 2.37. The van der Waals surface area contributed by atoms with Crippen molar-refractivity contribution in [2.45, 2.75) is 19.9 Å². The molecule has 16 heavy (non-hydrogen) atoms. The summed E-state index contributed by atoms with van der Waals surface area (Å²) >= 11 is 1.75. The van der Waals surface area contributed by atoms with Crippen LogP contribution in [0.3, 0.4) is 0 Å². The molecule has 1 N–H and O–H groups in total. The van der Waals surface area contributed by atoms with Crippen LogP contribution in [-0.4, -0.2) is 11.5 Å². The van der Waals surface area contributed by atoms with Crippen LogP contribution in [-0.2, 0) is 6.54 Å². The van der Waals surface area contributed by atoms with E-state index in [9.17, 15) is 0 Å². The second-order valence-corrected chi connectivity index (χ2v) is 4.63. The molecule has 0 saturated carbocycles. The summed E-state index contributed by atoms with van der Waals surface area (Å²) in [6.07, 6.45) is 7.30. The standard InChI is InChI=1S/C13H16N2S/c1-2-3-4-6-14-9-11-8-13-12(15-10-11)5-7-16-13/h2-3,5,7-8,10,14H,4,6,9H2,1H3/b3-2+. The SMILES string of the molecule is C/C=C/CCNCc1cnc2ccsc2c1. The van der Waals surface area contributed by atoms with Crippen molar-refractivity contribution in [1.82, 2.24) is 10.3 Å². The smallest absolute Gasteiger partial charge is 0.0809 e. The molecule has 2 aromatic rings. The van der Waals surface area contributed by atoms with Gasteiger partial charge in [-0.1, -0.05) is 12.2 Å². The maximum Gasteiger partial charge on any atom is 0.0809 e. The lowest BCUT2D eigenvalue weighted by molar-refractivity contribution is 0.694. The average molecular weight is 232 g/mol. The van der Waals surface area contributed by atoms with Gasteiger partial charge in [0.05, 0.1) is 10.2 Å². The zero-order valence-corrected chi connectivity index (χ0v) is 10.3. The Balaban J connectivity index is 1.89. The van der Waals surface area contributed by atoms with Gasteiger partial charge in [-0.3, -0.25) is 4.98 Å². The molecule has 2 heterocycles. The first-order chi connectivity index (χ1) is 7.90. The topological polar surface area (TPSA) is 24.9 Å². The van der Waals surface area contributed by atoms with Crippen LogP contribution >= 0.6 is 11.3 Å². The molecule has 2 rings (SSSR count). The lowest BCUT2D eigenvalue weighted by Gasteiger charge is -2.02. The first-order valence-corrected chi connectivity index (χ1v) is 6.42. The first-order valence-electron chi connectivity index (χ1n) is 5.54. The van der Waals surface area contributed by atoms with E-state index in [1.165, 1.54) is 10.3 Å². The Labute approximate surface area is 100 Å². The number of nitrogens with zero attached hydrogens (tertiary/aromatic N) is 1. The van der Waals surface area contributed by atoms with E-state index in [1.807, 2.05) is 6.20 Å². The minimum Gasteiger partial charge on any atom is -0.312 e. The molecular weight excluding hydrogens is 216 g/mol. The second kappa shape index (κ2) is 5.77. The third kappa shape index (κ3) is 2.90. The third-order valence-electron chi connectivity index (χ3n) is 2.41. The number of hydrogen-bond donors (Lipinski definition) is 1. The Morgan fingerprint density at radius 3 is 3.31 bits per heavy atom. The van der Waals surface area contributed by atoms with Crippen LogP contribution in [0, 0.1) is 0 Å². The van der Waals surface area contributed by atoms with E-state index < -0.39 is 0 Å². The summed E-state index contributed by atoms with van der Waals surface area (Å²) in [6.45, 7) is 3.97. The van der Waals surface area contributed by atoms with Gasteiger partial charge in [-0.25, -0.2) is 0 Å². The molecule has 0 aliphatic rings. The molecule has 0 aromatic carbocycles. The predicted molar refractivity (Wildman–Crippen MR) is 70.8 cm³/mol. The summed E-state index contributed by atoms with van der Waals surface area (Å²) in [4.78, 5) is 4.41. The number of allylic oxidation sites excluding steroid dienone is 1. The van der Waals surface area contributed by atoms with Gasteiger partial charge in [0, 0.05) is 12.7 Å². The summed E-state index contributed by atoms with van der Waals surface area (Å²) in [5.74, 6) is 0. The number of rotatable bonds is 5. The highest BCUT2D eigenvalue weighted by Crippen LogP contribution is 2.19. The van der Waals surface area contributed by atoms with Crippen LogP contribution < -0.4 is 5.32 Å². The molecule has 0 bridgehead atoms. The van der Waals surface area contributed by atoms with Crippen molar-refractivity contribution >= 4 is 21.6 Å². The number of nitrogens with one attached hydrogen (secondary N) is 1. The third-order valence-corrected chi connectivity index (χ3v) is 3.27. The van der Waals surface area contributed by atoms with Crippen LogP contribution in [0.1, 0.15) is 18.9 Å². The fourth-order valence-electron chi connectivity index (χ4n) is 1.57. The van der Waals surface area contributed by atoms with Gasteiger partial charge in [0.25, 0.3) is 0 Å². The maximum atomic E-state index is 4.41. The molecule has 2 nitrogen and oxygen atoms in total. The monoisotopic (exact) mass is 232 g/mol. The Morgan fingerprint density at radius 2 is 2.44 bits per heavy atom. The lowest BCUT2D eigenvalue weighted by Crippen LogP contribution is -2.14. The summed E-state index contributed by atoms with van der Waals surface area (Å²) in [7, 11) is 0. The van der Waals surface area contributed by atoms with Crippen molar-refractivity contribution in [3.63, 3.8) is 0 Å². The minimum absolute atomic E-state index is 0.901. The Morgan fingerprint density at radius 1 is 1.50 bits per heavy atom. The van der Waals surface area contributed by atoms with E-state index in [0.29, 0.717) is 0 Å². The van der Waals surface area contributed by atoms with Crippen molar-refractivity contribution in [2.24, 2.45) is 0 Å². The van der Waals surface area contributed by atoms with Crippen molar-refractivity contribution in [3.8, 4) is 0 Å². The van der Waals surface area contributed by atoms with Gasteiger partial charge in [0.1, 0.15) is 0 Å². The van der Waals surface area contributed by atoms with Crippen molar-refractivity contribution in [1.29, 1.82) is 0 Å². The van der Waals surface area contributed by atoms with Crippen LogP contribution in [0.2, 0.25) is 0 Å². The van der Waals surface area contributed by atoms with E-state index in [0.717, 1.165) is 25.0 Å². The van der Waals surface area contributed by atoms with Crippen molar-refractivity contribution < 1.29 is 0 Å². The molecule has 2 aromatic heterocycles. The quantitative estimate of drug-likeness (QED) is 0.631. The molecule has 0 fully saturated rings. The summed E-state index contributed by atoms with van der Waals surface area (Å²) in [5.41, 5.74) is 2.36. The molecule has 0 unspecified atom stereocenters. The van der Waals surface area contributed by atoms with Crippen LogP contribution in [0.5, 0.6) is 0 Å². The highest BCUT2D eigenvalue weighted by molar-refractivity contribution is 7.17. The highest BCUT2D eigenvalue weighted by Gasteiger charge is 1.98. The number of thiophene rings is 1. The summed E-state index contributed by atoms with van der Waals surface area (Å²) < 4.78 is 1.27. The van der Waals surface area contributed by atoms with Gasteiger partial charge in [-0.15, -0.1) is 11.3 Å². The predicted octanol–water partition coefficient (Wildman–Crippen LogP) is 3.35. The van der Waals surface area contributed by atoms with Gasteiger partial charge < -0.3 is 5.32 Å². The zero-order valence-electron chi connectivity index (χ0n) is 9.44. The average Bonchev–Trinajstić information content (AvgIpc) is 2.76. The Bertz CT molecular complexity index is 473. The largest absolute Gasteiger partial charge is 0.312 e. The lowest BCUT2D eigenvalue weighted by atomic mass is 10.2. The van der Waals surface area contributed by atoms with Gasteiger partial charge in [-0.05, 0) is 43.0 Å². The highest BCUT2D eigenvalue weighted by atomic mass is 32.1. The van der Waals surface area contributed by atoms with E-state index in [-0.39, 0.29) is 0 Å². The van der Waals surface area contributed by atoms with Gasteiger partial charge in [-0.2, -0.15) is 0 Å². The van der Waals surface area contributed by atoms with Crippen LogP contribution in [0.15, 0.2) is 35.9 Å². The van der Waals surface area contributed by atoms with Crippen molar-refractivity contribution in [2.75, 3.05) is 6.54 Å². The number of aromatic nitrogens is 1. The fraction of sp³-hybridized carbons (Fsp3) is 0.308. The van der Waals surface area contributed by atoms with Crippen molar-refractivity contribution in [3.05, 3.63) is 41.4 Å². The van der Waals surface area contributed by atoms with Gasteiger partial charge in [0.2, 0.25) is 0 Å². The molecule has 0 spiro atoms. The number of hydrogen-bond acceptors (Lipinski definition) is 3. The Hall–Kier alpha value is -1.19. The normalized spacial score (nSPS) is 11.6. The van der Waals surface area contributed by atoms with Gasteiger partial charge >= 0.3 is 0 Å². The van der Waals surface area contributed by atoms with E-state index in [2.05, 4.69) is 46.9 Å². The molecular formula is C13H16N2S. The van der Waals surface area contributed by atoms with Crippen LogP contribution in [0.25, 0.3) is 10.2 Å². The molecule has 0 aliphatic carbocycles. The molecule has 0 saturated heterocycles. The van der Waals surface area contributed by atoms with Gasteiger partial charge in [0.15, 0.2) is 0 Å². The number of fused-ring (bicyclic) bond motifs is 1. The minimum atomic E-state index is 0.901. The zero-order chi connectivity index (χ0) is 11.2. The molecule has 0 aliphatic heterocycles.